The molecule has 1 N–H and O–H groups in total. The number of aromatic carboxylic acids is 1. The fourth-order valence-electron chi connectivity index (χ4n) is 2.96. The summed E-state index contributed by atoms with van der Waals surface area (Å²) in [7, 11) is 0. The van der Waals surface area contributed by atoms with Gasteiger partial charge in [-0.1, -0.05) is 31.5 Å². The number of benzene rings is 1. The summed E-state index contributed by atoms with van der Waals surface area (Å²) in [4.78, 5) is 26.0. The van der Waals surface area contributed by atoms with Gasteiger partial charge in [0.25, 0.3) is 5.91 Å². The summed E-state index contributed by atoms with van der Waals surface area (Å²) in [5.74, 6) is -0.432. The second-order valence-electron chi connectivity index (χ2n) is 6.15. The molecule has 1 amide bonds. The maximum atomic E-state index is 13.0. The number of anilines is 1. The van der Waals surface area contributed by atoms with Crippen LogP contribution in [-0.2, 0) is 6.42 Å². The lowest BCUT2D eigenvalue weighted by Gasteiger charge is -2.32. The molecule has 1 aliphatic rings. The Morgan fingerprint density at radius 3 is 2.46 bits per heavy atom. The molecule has 1 aliphatic carbocycles. The maximum absolute atomic E-state index is 13.0. The van der Waals surface area contributed by atoms with Crippen LogP contribution in [0.15, 0.2) is 40.8 Å². The first-order valence-electron chi connectivity index (χ1n) is 8.33. The van der Waals surface area contributed by atoms with Gasteiger partial charge in [0.1, 0.15) is 11.3 Å². The number of amides is 1. The van der Waals surface area contributed by atoms with Gasteiger partial charge in [-0.3, -0.25) is 4.79 Å². The number of hydrogen-bond acceptors (Lipinski definition) is 3. The molecule has 0 radical (unpaired) electrons. The Bertz CT molecular complexity index is 731. The number of carbonyl (C=O) groups is 2. The lowest BCUT2D eigenvalue weighted by molar-refractivity contribution is 0.0694. The van der Waals surface area contributed by atoms with Crippen molar-refractivity contribution in [1.29, 1.82) is 0 Å². The van der Waals surface area contributed by atoms with Gasteiger partial charge in [-0.2, -0.15) is 0 Å². The van der Waals surface area contributed by atoms with Crippen LogP contribution in [0.3, 0.4) is 0 Å². The maximum Gasteiger partial charge on any atom is 0.339 e. The van der Waals surface area contributed by atoms with E-state index in [1.807, 2.05) is 37.3 Å². The molecule has 2 aromatic rings. The number of furan rings is 1. The van der Waals surface area contributed by atoms with Crippen LogP contribution < -0.4 is 4.90 Å². The molecule has 5 heteroatoms. The largest absolute Gasteiger partial charge is 0.478 e. The van der Waals surface area contributed by atoms with Gasteiger partial charge in [-0.15, -0.1) is 0 Å². The SMILES string of the molecule is CCc1oc(C(=O)N(CC2CCC2)c2ccccc2)cc1C(=O)O. The molecule has 0 spiro atoms. The van der Waals surface area contributed by atoms with E-state index in [0.29, 0.717) is 24.6 Å². The third-order valence-corrected chi connectivity index (χ3v) is 4.55. The van der Waals surface area contributed by atoms with Crippen LogP contribution in [0.1, 0.15) is 52.9 Å². The highest BCUT2D eigenvalue weighted by atomic mass is 16.4. The number of carboxylic acids is 1. The second kappa shape index (κ2) is 6.91. The van der Waals surface area contributed by atoms with Crippen LogP contribution in [0, 0.1) is 5.92 Å². The average molecular weight is 327 g/mol. The van der Waals surface area contributed by atoms with Gasteiger partial charge in [-0.05, 0) is 30.9 Å². The molecule has 0 unspecified atom stereocenters. The van der Waals surface area contributed by atoms with E-state index < -0.39 is 5.97 Å². The van der Waals surface area contributed by atoms with E-state index in [2.05, 4.69) is 0 Å². The molecule has 0 bridgehead atoms. The summed E-state index contributed by atoms with van der Waals surface area (Å²) in [6, 6.07) is 10.8. The van der Waals surface area contributed by atoms with Crippen LogP contribution in [0.2, 0.25) is 0 Å². The molecule has 126 valence electrons. The van der Waals surface area contributed by atoms with Crippen LogP contribution in [0.25, 0.3) is 0 Å². The average Bonchev–Trinajstić information content (AvgIpc) is 2.99. The first-order chi connectivity index (χ1) is 11.6. The molecule has 3 rings (SSSR count). The fraction of sp³-hybridized carbons (Fsp3) is 0.368. The Kier molecular flexibility index (Phi) is 4.69. The molecular formula is C19H21NO4. The number of carbonyl (C=O) groups excluding carboxylic acids is 1. The number of rotatable bonds is 6. The number of hydrogen-bond donors (Lipinski definition) is 1. The van der Waals surface area contributed by atoms with E-state index in [1.54, 1.807) is 4.90 Å². The van der Waals surface area contributed by atoms with E-state index in [0.717, 1.165) is 18.5 Å². The van der Waals surface area contributed by atoms with Gasteiger partial charge in [0.2, 0.25) is 0 Å². The van der Waals surface area contributed by atoms with Gasteiger partial charge in [0, 0.05) is 24.7 Å². The van der Waals surface area contributed by atoms with Gasteiger partial charge >= 0.3 is 5.97 Å². The smallest absolute Gasteiger partial charge is 0.339 e. The van der Waals surface area contributed by atoms with Crippen molar-refractivity contribution in [3.8, 4) is 0 Å². The molecule has 1 aromatic carbocycles. The van der Waals surface area contributed by atoms with E-state index in [9.17, 15) is 14.7 Å². The Labute approximate surface area is 140 Å². The van der Waals surface area contributed by atoms with E-state index >= 15 is 0 Å². The lowest BCUT2D eigenvalue weighted by Crippen LogP contribution is -2.37. The van der Waals surface area contributed by atoms with Crippen molar-refractivity contribution in [1.82, 2.24) is 0 Å². The summed E-state index contributed by atoms with van der Waals surface area (Å²) < 4.78 is 5.55. The standard InChI is InChI=1S/C19H21NO4/c1-2-16-15(19(22)23)11-17(24-16)18(21)20(12-13-7-6-8-13)14-9-4-3-5-10-14/h3-5,9-11,13H,2,6-8,12H2,1H3,(H,22,23). The van der Waals surface area contributed by atoms with E-state index in [-0.39, 0.29) is 17.2 Å². The number of para-hydroxylation sites is 1. The number of nitrogens with zero attached hydrogens (tertiary/aromatic N) is 1. The third-order valence-electron chi connectivity index (χ3n) is 4.55. The molecule has 1 heterocycles. The Morgan fingerprint density at radius 2 is 1.96 bits per heavy atom. The quantitative estimate of drug-likeness (QED) is 0.871. The minimum atomic E-state index is -1.07. The Hall–Kier alpha value is -2.56. The molecule has 1 fully saturated rings. The van der Waals surface area contributed by atoms with Gasteiger partial charge < -0.3 is 14.4 Å². The second-order valence-corrected chi connectivity index (χ2v) is 6.15. The first-order valence-corrected chi connectivity index (χ1v) is 8.33. The lowest BCUT2D eigenvalue weighted by atomic mass is 9.85. The third kappa shape index (κ3) is 3.20. The zero-order chi connectivity index (χ0) is 17.1. The van der Waals surface area contributed by atoms with Crippen LogP contribution in [0.5, 0.6) is 0 Å². The van der Waals surface area contributed by atoms with Gasteiger partial charge in [-0.25, -0.2) is 4.79 Å². The Balaban J connectivity index is 1.92. The van der Waals surface area contributed by atoms with E-state index in [1.165, 1.54) is 12.5 Å². The molecule has 1 aromatic heterocycles. The van der Waals surface area contributed by atoms with Crippen molar-refractivity contribution in [3.63, 3.8) is 0 Å². The zero-order valence-corrected chi connectivity index (χ0v) is 13.7. The summed E-state index contributed by atoms with van der Waals surface area (Å²) in [6.45, 7) is 2.44. The fourth-order valence-corrected chi connectivity index (χ4v) is 2.96. The van der Waals surface area contributed by atoms with Gasteiger partial charge in [0.05, 0.1) is 0 Å². The summed E-state index contributed by atoms with van der Waals surface area (Å²) in [5.41, 5.74) is 0.873. The molecule has 0 aliphatic heterocycles. The summed E-state index contributed by atoms with van der Waals surface area (Å²) >= 11 is 0. The minimum Gasteiger partial charge on any atom is -0.478 e. The first kappa shape index (κ1) is 16.3. The monoisotopic (exact) mass is 327 g/mol. The van der Waals surface area contributed by atoms with Crippen molar-refractivity contribution < 1.29 is 19.1 Å². The van der Waals surface area contributed by atoms with E-state index in [4.69, 9.17) is 4.42 Å². The molecule has 0 saturated heterocycles. The van der Waals surface area contributed by atoms with Crippen molar-refractivity contribution in [2.24, 2.45) is 5.92 Å². The molecular weight excluding hydrogens is 306 g/mol. The predicted molar refractivity (Wildman–Crippen MR) is 90.5 cm³/mol. The van der Waals surface area contributed by atoms with Crippen LogP contribution in [-0.4, -0.2) is 23.5 Å². The number of aryl methyl sites for hydroxylation is 1. The highest BCUT2D eigenvalue weighted by Gasteiger charge is 2.28. The minimum absolute atomic E-state index is 0.0671. The van der Waals surface area contributed by atoms with Gasteiger partial charge in [0.15, 0.2) is 5.76 Å². The number of carboxylic acid groups (broad SMARTS) is 1. The molecule has 24 heavy (non-hydrogen) atoms. The van der Waals surface area contributed by atoms with Crippen LogP contribution >= 0.6 is 0 Å². The highest BCUT2D eigenvalue weighted by molar-refractivity contribution is 6.05. The summed E-state index contributed by atoms with van der Waals surface area (Å²) in [5, 5.41) is 9.26. The Morgan fingerprint density at radius 1 is 1.25 bits per heavy atom. The van der Waals surface area contributed by atoms with Crippen molar-refractivity contribution in [2.75, 3.05) is 11.4 Å². The summed E-state index contributed by atoms with van der Waals surface area (Å²) in [6.07, 6.45) is 3.87. The van der Waals surface area contributed by atoms with Crippen molar-refractivity contribution >= 4 is 17.6 Å². The van der Waals surface area contributed by atoms with Crippen molar-refractivity contribution in [3.05, 3.63) is 53.5 Å². The predicted octanol–water partition coefficient (Wildman–Crippen LogP) is 3.99. The zero-order valence-electron chi connectivity index (χ0n) is 13.7. The van der Waals surface area contributed by atoms with Crippen molar-refractivity contribution in [2.45, 2.75) is 32.6 Å². The normalized spacial score (nSPS) is 14.2. The topological polar surface area (TPSA) is 70.8 Å². The van der Waals surface area contributed by atoms with Crippen LogP contribution in [0.4, 0.5) is 5.69 Å². The molecule has 0 atom stereocenters. The highest BCUT2D eigenvalue weighted by Crippen LogP contribution is 2.30. The molecule has 5 nitrogen and oxygen atoms in total. The molecule has 1 saturated carbocycles.